The largest absolute Gasteiger partial charge is 0.459 e. The fourth-order valence-corrected chi connectivity index (χ4v) is 3.98. The van der Waals surface area contributed by atoms with E-state index >= 15 is 0 Å². The first-order valence-corrected chi connectivity index (χ1v) is 10.4. The van der Waals surface area contributed by atoms with Gasteiger partial charge in [0.15, 0.2) is 0 Å². The highest BCUT2D eigenvalue weighted by Gasteiger charge is 2.35. The standard InChI is InChI=1S/C23H24ClN3O3/c1-26(15-16-8-10-18(24)11-9-16)22(28)20-6-4-12-27(20)23(29)25-14-19-13-17-5-2-3-7-21(17)30-19/h2-3,5,7-11,13,20H,4,6,12,14-15H2,1H3,(H,25,29). The van der Waals surface area contributed by atoms with Gasteiger partial charge in [0.1, 0.15) is 17.4 Å². The van der Waals surface area contributed by atoms with Crippen molar-refractivity contribution in [3.63, 3.8) is 0 Å². The topological polar surface area (TPSA) is 65.8 Å². The average molecular weight is 426 g/mol. The Bertz CT molecular complexity index is 1010. The second-order valence-corrected chi connectivity index (χ2v) is 8.02. The number of likely N-dealkylation sites (N-methyl/N-ethyl adjacent to an activating group) is 1. The molecule has 1 saturated heterocycles. The summed E-state index contributed by atoms with van der Waals surface area (Å²) in [4.78, 5) is 29.0. The van der Waals surface area contributed by atoms with Gasteiger partial charge in [0, 0.05) is 30.5 Å². The molecule has 0 saturated carbocycles. The number of hydrogen-bond acceptors (Lipinski definition) is 3. The van der Waals surface area contributed by atoms with E-state index in [2.05, 4.69) is 5.32 Å². The van der Waals surface area contributed by atoms with Crippen molar-refractivity contribution in [1.82, 2.24) is 15.1 Å². The van der Waals surface area contributed by atoms with Crippen LogP contribution in [-0.2, 0) is 17.9 Å². The second kappa shape index (κ2) is 8.79. The molecule has 0 bridgehead atoms. The number of likely N-dealkylation sites (tertiary alicyclic amines) is 1. The number of furan rings is 1. The Morgan fingerprint density at radius 1 is 1.20 bits per heavy atom. The third-order valence-electron chi connectivity index (χ3n) is 5.40. The summed E-state index contributed by atoms with van der Waals surface area (Å²) in [5.41, 5.74) is 1.79. The fraction of sp³-hybridized carbons (Fsp3) is 0.304. The molecule has 4 rings (SSSR count). The monoisotopic (exact) mass is 425 g/mol. The van der Waals surface area contributed by atoms with Crippen molar-refractivity contribution in [3.8, 4) is 0 Å². The number of amides is 3. The van der Waals surface area contributed by atoms with E-state index in [0.717, 1.165) is 23.0 Å². The van der Waals surface area contributed by atoms with Crippen molar-refractivity contribution in [1.29, 1.82) is 0 Å². The predicted octanol–water partition coefficient (Wildman–Crippen LogP) is 4.42. The second-order valence-electron chi connectivity index (χ2n) is 7.58. The lowest BCUT2D eigenvalue weighted by atomic mass is 10.1. The number of urea groups is 1. The van der Waals surface area contributed by atoms with Crippen LogP contribution in [0.4, 0.5) is 4.79 Å². The van der Waals surface area contributed by atoms with Gasteiger partial charge in [-0.05, 0) is 42.7 Å². The number of hydrogen-bond donors (Lipinski definition) is 1. The molecular formula is C23H24ClN3O3. The Morgan fingerprint density at radius 3 is 2.73 bits per heavy atom. The van der Waals surface area contributed by atoms with E-state index < -0.39 is 6.04 Å². The molecule has 30 heavy (non-hydrogen) atoms. The Morgan fingerprint density at radius 2 is 1.97 bits per heavy atom. The third kappa shape index (κ3) is 4.44. The number of rotatable bonds is 5. The van der Waals surface area contributed by atoms with Crippen LogP contribution in [0.5, 0.6) is 0 Å². The van der Waals surface area contributed by atoms with Crippen molar-refractivity contribution in [2.24, 2.45) is 0 Å². The first-order valence-electron chi connectivity index (χ1n) is 10.0. The Labute approximate surface area is 180 Å². The highest BCUT2D eigenvalue weighted by molar-refractivity contribution is 6.30. The summed E-state index contributed by atoms with van der Waals surface area (Å²) in [5, 5.41) is 4.55. The van der Waals surface area contributed by atoms with E-state index in [4.69, 9.17) is 16.0 Å². The molecule has 1 fully saturated rings. The zero-order valence-corrected chi connectivity index (χ0v) is 17.6. The number of nitrogens with zero attached hydrogens (tertiary/aromatic N) is 2. The molecule has 3 amide bonds. The highest BCUT2D eigenvalue weighted by Crippen LogP contribution is 2.22. The average Bonchev–Trinajstić information content (AvgIpc) is 3.40. The smallest absolute Gasteiger partial charge is 0.318 e. The summed E-state index contributed by atoms with van der Waals surface area (Å²) in [6, 6.07) is 16.4. The first-order chi connectivity index (χ1) is 14.5. The molecule has 1 aromatic heterocycles. The predicted molar refractivity (Wildman–Crippen MR) is 116 cm³/mol. The van der Waals surface area contributed by atoms with Crippen LogP contribution in [0.3, 0.4) is 0 Å². The summed E-state index contributed by atoms with van der Waals surface area (Å²) in [6.07, 6.45) is 1.48. The summed E-state index contributed by atoms with van der Waals surface area (Å²) in [7, 11) is 1.76. The zero-order valence-electron chi connectivity index (χ0n) is 16.8. The zero-order chi connectivity index (χ0) is 21.1. The first kappa shape index (κ1) is 20.3. The van der Waals surface area contributed by atoms with Crippen LogP contribution >= 0.6 is 11.6 Å². The van der Waals surface area contributed by atoms with Crippen LogP contribution in [0.25, 0.3) is 11.0 Å². The van der Waals surface area contributed by atoms with Crippen LogP contribution in [-0.4, -0.2) is 41.4 Å². The lowest BCUT2D eigenvalue weighted by Crippen LogP contribution is -2.49. The summed E-state index contributed by atoms with van der Waals surface area (Å²) < 4.78 is 5.75. The number of carbonyl (C=O) groups excluding carboxylic acids is 2. The molecule has 6 nitrogen and oxygen atoms in total. The van der Waals surface area contributed by atoms with Crippen LogP contribution < -0.4 is 5.32 Å². The quantitative estimate of drug-likeness (QED) is 0.658. The van der Waals surface area contributed by atoms with E-state index in [1.165, 1.54) is 0 Å². The van der Waals surface area contributed by atoms with Crippen LogP contribution in [0.15, 0.2) is 59.0 Å². The van der Waals surface area contributed by atoms with Crippen molar-refractivity contribution in [3.05, 3.63) is 70.9 Å². The van der Waals surface area contributed by atoms with Gasteiger partial charge in [-0.1, -0.05) is 41.9 Å². The number of benzene rings is 2. The van der Waals surface area contributed by atoms with Gasteiger partial charge >= 0.3 is 6.03 Å². The van der Waals surface area contributed by atoms with E-state index in [0.29, 0.717) is 30.3 Å². The van der Waals surface area contributed by atoms with Gasteiger partial charge in [-0.15, -0.1) is 0 Å². The molecule has 3 aromatic rings. The minimum Gasteiger partial charge on any atom is -0.459 e. The van der Waals surface area contributed by atoms with E-state index in [-0.39, 0.29) is 18.5 Å². The molecule has 2 heterocycles. The normalized spacial score (nSPS) is 16.1. The van der Waals surface area contributed by atoms with Gasteiger partial charge < -0.3 is 19.5 Å². The molecule has 1 aliphatic rings. The van der Waals surface area contributed by atoms with Gasteiger partial charge in [-0.2, -0.15) is 0 Å². The van der Waals surface area contributed by atoms with Crippen LogP contribution in [0.2, 0.25) is 5.02 Å². The maximum Gasteiger partial charge on any atom is 0.318 e. The molecule has 0 aliphatic carbocycles. The van der Waals surface area contributed by atoms with Crippen molar-refractivity contribution in [2.75, 3.05) is 13.6 Å². The van der Waals surface area contributed by atoms with Crippen molar-refractivity contribution in [2.45, 2.75) is 32.0 Å². The van der Waals surface area contributed by atoms with E-state index in [9.17, 15) is 9.59 Å². The van der Waals surface area contributed by atoms with Crippen LogP contribution in [0.1, 0.15) is 24.2 Å². The van der Waals surface area contributed by atoms with Crippen molar-refractivity contribution >= 4 is 34.5 Å². The molecule has 1 atom stereocenters. The minimum absolute atomic E-state index is 0.0543. The minimum atomic E-state index is -0.446. The van der Waals surface area contributed by atoms with Gasteiger partial charge in [-0.3, -0.25) is 4.79 Å². The van der Waals surface area contributed by atoms with E-state index in [1.54, 1.807) is 16.8 Å². The summed E-state index contributed by atoms with van der Waals surface area (Å²) >= 11 is 5.93. The number of carbonyl (C=O) groups is 2. The van der Waals surface area contributed by atoms with Crippen molar-refractivity contribution < 1.29 is 14.0 Å². The molecule has 0 radical (unpaired) electrons. The fourth-order valence-electron chi connectivity index (χ4n) is 3.85. The maximum absolute atomic E-state index is 13.0. The molecule has 0 spiro atoms. The lowest BCUT2D eigenvalue weighted by Gasteiger charge is -2.28. The molecular weight excluding hydrogens is 402 g/mol. The van der Waals surface area contributed by atoms with Gasteiger partial charge in [0.25, 0.3) is 0 Å². The molecule has 1 N–H and O–H groups in total. The Balaban J connectivity index is 1.36. The Hall–Kier alpha value is -2.99. The Kier molecular flexibility index (Phi) is 5.95. The third-order valence-corrected chi connectivity index (χ3v) is 5.65. The molecule has 1 aliphatic heterocycles. The lowest BCUT2D eigenvalue weighted by molar-refractivity contribution is -0.134. The number of nitrogens with one attached hydrogen (secondary N) is 1. The summed E-state index contributed by atoms with van der Waals surface area (Å²) in [6.45, 7) is 1.32. The van der Waals surface area contributed by atoms with Crippen LogP contribution in [0, 0.1) is 0 Å². The highest BCUT2D eigenvalue weighted by atomic mass is 35.5. The summed E-state index contributed by atoms with van der Waals surface area (Å²) in [5.74, 6) is 0.632. The molecule has 156 valence electrons. The van der Waals surface area contributed by atoms with E-state index in [1.807, 2.05) is 54.6 Å². The molecule has 7 heteroatoms. The molecule has 2 aromatic carbocycles. The molecule has 1 unspecified atom stereocenters. The number of para-hydroxylation sites is 1. The maximum atomic E-state index is 13.0. The van der Waals surface area contributed by atoms with Gasteiger partial charge in [0.05, 0.1) is 6.54 Å². The number of halogens is 1. The SMILES string of the molecule is CN(Cc1ccc(Cl)cc1)C(=O)C1CCCN1C(=O)NCc1cc2ccccc2o1. The van der Waals surface area contributed by atoms with Gasteiger partial charge in [0.2, 0.25) is 5.91 Å². The van der Waals surface area contributed by atoms with Gasteiger partial charge in [-0.25, -0.2) is 4.79 Å². The number of fused-ring (bicyclic) bond motifs is 1.